The number of nitrogens with one attached hydrogen (secondary N) is 1. The highest BCUT2D eigenvalue weighted by Gasteiger charge is 2.15. The fraction of sp³-hybridized carbons (Fsp3) is 0.300. The Hall–Kier alpha value is -1.55. The molecule has 0 unspecified atom stereocenters. The molecule has 0 atom stereocenters. The first-order valence-corrected chi connectivity index (χ1v) is 7.42. The van der Waals surface area contributed by atoms with E-state index in [1.807, 2.05) is 0 Å². The summed E-state index contributed by atoms with van der Waals surface area (Å²) >= 11 is 5.81. The van der Waals surface area contributed by atoms with E-state index in [1.165, 1.54) is 18.8 Å². The van der Waals surface area contributed by atoms with Crippen LogP contribution in [-0.2, 0) is 16.8 Å². The van der Waals surface area contributed by atoms with Crippen LogP contribution in [0.1, 0.15) is 5.82 Å². The normalized spacial score (nSPS) is 12.0. The first-order chi connectivity index (χ1) is 9.40. The second-order valence-electron chi connectivity index (χ2n) is 4.09. The van der Waals surface area contributed by atoms with Crippen molar-refractivity contribution in [2.24, 2.45) is 0 Å². The maximum absolute atomic E-state index is 11.6. The first kappa shape index (κ1) is 14.9. The summed E-state index contributed by atoms with van der Waals surface area (Å²) in [5.74, 6) is 0.373. The second-order valence-corrected chi connectivity index (χ2v) is 6.50. The molecule has 0 spiro atoms. The molecule has 8 nitrogen and oxygen atoms in total. The Labute approximate surface area is 121 Å². The van der Waals surface area contributed by atoms with Gasteiger partial charge in [0.25, 0.3) is 10.2 Å². The lowest BCUT2D eigenvalue weighted by Gasteiger charge is -2.12. The van der Waals surface area contributed by atoms with Gasteiger partial charge in [-0.15, -0.1) is 5.10 Å². The van der Waals surface area contributed by atoms with Gasteiger partial charge in [-0.25, -0.2) is 0 Å². The van der Waals surface area contributed by atoms with Gasteiger partial charge in [-0.1, -0.05) is 11.6 Å². The maximum Gasteiger partial charge on any atom is 0.279 e. The van der Waals surface area contributed by atoms with Crippen LogP contribution in [0, 0.1) is 0 Å². The van der Waals surface area contributed by atoms with Gasteiger partial charge in [-0.3, -0.25) is 0 Å². The van der Waals surface area contributed by atoms with E-state index >= 15 is 0 Å². The topological polar surface area (TPSA) is 93.0 Å². The summed E-state index contributed by atoms with van der Waals surface area (Å²) in [6.07, 6.45) is 0. The minimum Gasteiger partial charge on any atom is -0.196 e. The van der Waals surface area contributed by atoms with Crippen molar-refractivity contribution in [3.63, 3.8) is 0 Å². The van der Waals surface area contributed by atoms with E-state index < -0.39 is 10.2 Å². The molecule has 0 radical (unpaired) electrons. The number of aromatic nitrogens is 4. The number of halogens is 1. The number of hydrogen-bond donors (Lipinski definition) is 1. The molecule has 1 aromatic carbocycles. The Morgan fingerprint density at radius 2 is 1.95 bits per heavy atom. The van der Waals surface area contributed by atoms with Gasteiger partial charge in [0.15, 0.2) is 5.82 Å². The van der Waals surface area contributed by atoms with Crippen LogP contribution in [0.2, 0.25) is 5.02 Å². The van der Waals surface area contributed by atoms with Gasteiger partial charge >= 0.3 is 0 Å². The zero-order valence-electron chi connectivity index (χ0n) is 10.9. The SMILES string of the molecule is CN(C)S(=O)(=O)NCc1nnnn1-c1ccc(Cl)cc1. The van der Waals surface area contributed by atoms with Crippen molar-refractivity contribution >= 4 is 21.8 Å². The first-order valence-electron chi connectivity index (χ1n) is 5.60. The van der Waals surface area contributed by atoms with Crippen molar-refractivity contribution in [2.45, 2.75) is 6.54 Å². The molecule has 0 amide bonds. The van der Waals surface area contributed by atoms with Crippen molar-refractivity contribution in [1.82, 2.24) is 29.2 Å². The lowest BCUT2D eigenvalue weighted by Crippen LogP contribution is -2.35. The smallest absolute Gasteiger partial charge is 0.196 e. The average Bonchev–Trinajstić information content (AvgIpc) is 2.85. The molecule has 1 aromatic heterocycles. The number of benzene rings is 1. The van der Waals surface area contributed by atoms with Crippen LogP contribution in [-0.4, -0.2) is 47.0 Å². The van der Waals surface area contributed by atoms with Crippen LogP contribution < -0.4 is 4.72 Å². The van der Waals surface area contributed by atoms with Crippen LogP contribution in [0.4, 0.5) is 0 Å². The molecule has 1 heterocycles. The highest BCUT2D eigenvalue weighted by molar-refractivity contribution is 7.87. The predicted octanol–water partition coefficient (Wildman–Crippen LogP) is 0.212. The third-order valence-electron chi connectivity index (χ3n) is 2.50. The molecule has 0 aliphatic heterocycles. The van der Waals surface area contributed by atoms with Crippen LogP contribution in [0.5, 0.6) is 0 Å². The summed E-state index contributed by atoms with van der Waals surface area (Å²) in [5, 5.41) is 11.8. The molecule has 2 aromatic rings. The van der Waals surface area contributed by atoms with E-state index in [-0.39, 0.29) is 6.54 Å². The van der Waals surface area contributed by atoms with E-state index in [4.69, 9.17) is 11.6 Å². The van der Waals surface area contributed by atoms with E-state index in [9.17, 15) is 8.42 Å². The van der Waals surface area contributed by atoms with Crippen molar-refractivity contribution in [2.75, 3.05) is 14.1 Å². The summed E-state index contributed by atoms with van der Waals surface area (Å²) < 4.78 is 28.2. The molecule has 0 bridgehead atoms. The van der Waals surface area contributed by atoms with Crippen LogP contribution in [0.25, 0.3) is 5.69 Å². The number of nitrogens with zero attached hydrogens (tertiary/aromatic N) is 5. The molecule has 10 heteroatoms. The molecule has 0 fully saturated rings. The Balaban J connectivity index is 2.19. The van der Waals surface area contributed by atoms with Crippen LogP contribution in [0.3, 0.4) is 0 Å². The van der Waals surface area contributed by atoms with Gasteiger partial charge in [-0.2, -0.15) is 22.1 Å². The zero-order chi connectivity index (χ0) is 14.8. The largest absolute Gasteiger partial charge is 0.279 e. The van der Waals surface area contributed by atoms with Crippen molar-refractivity contribution < 1.29 is 8.42 Å². The summed E-state index contributed by atoms with van der Waals surface area (Å²) in [5.41, 5.74) is 0.693. The van der Waals surface area contributed by atoms with Gasteiger partial charge in [0.1, 0.15) is 0 Å². The molecule has 0 aliphatic rings. The van der Waals surface area contributed by atoms with Gasteiger partial charge in [0.05, 0.1) is 12.2 Å². The molecular formula is C10H13ClN6O2S. The van der Waals surface area contributed by atoms with Gasteiger partial charge in [0, 0.05) is 19.1 Å². The fourth-order valence-corrected chi connectivity index (χ4v) is 2.08. The zero-order valence-corrected chi connectivity index (χ0v) is 12.4. The number of tetrazole rings is 1. The summed E-state index contributed by atoms with van der Waals surface area (Å²) in [4.78, 5) is 0. The lowest BCUT2D eigenvalue weighted by atomic mass is 10.3. The van der Waals surface area contributed by atoms with Gasteiger partial charge in [-0.05, 0) is 34.7 Å². The highest BCUT2D eigenvalue weighted by atomic mass is 35.5. The molecule has 0 saturated heterocycles. The molecule has 20 heavy (non-hydrogen) atoms. The molecule has 0 aliphatic carbocycles. The van der Waals surface area contributed by atoms with E-state index in [2.05, 4.69) is 20.2 Å². The highest BCUT2D eigenvalue weighted by Crippen LogP contribution is 2.13. The summed E-state index contributed by atoms with van der Waals surface area (Å²) in [7, 11) is -0.657. The minimum absolute atomic E-state index is 0.0177. The van der Waals surface area contributed by atoms with Crippen LogP contribution in [0.15, 0.2) is 24.3 Å². The monoisotopic (exact) mass is 316 g/mol. The van der Waals surface area contributed by atoms with E-state index in [0.717, 1.165) is 4.31 Å². The quantitative estimate of drug-likeness (QED) is 0.851. The predicted molar refractivity (Wildman–Crippen MR) is 73.6 cm³/mol. The average molecular weight is 317 g/mol. The fourth-order valence-electron chi connectivity index (χ4n) is 1.38. The Morgan fingerprint density at radius 3 is 2.55 bits per heavy atom. The van der Waals surface area contributed by atoms with Gasteiger partial charge < -0.3 is 0 Å². The maximum atomic E-state index is 11.6. The van der Waals surface area contributed by atoms with E-state index in [0.29, 0.717) is 16.5 Å². The molecule has 2 rings (SSSR count). The van der Waals surface area contributed by atoms with Crippen molar-refractivity contribution in [3.8, 4) is 5.69 Å². The third kappa shape index (κ3) is 3.31. The summed E-state index contributed by atoms with van der Waals surface area (Å²) in [6, 6.07) is 6.88. The number of hydrogen-bond acceptors (Lipinski definition) is 5. The Morgan fingerprint density at radius 1 is 1.30 bits per heavy atom. The van der Waals surface area contributed by atoms with E-state index in [1.54, 1.807) is 24.3 Å². The molecule has 0 saturated carbocycles. The number of rotatable bonds is 5. The Bertz CT molecular complexity index is 682. The Kier molecular flexibility index (Phi) is 4.33. The van der Waals surface area contributed by atoms with Crippen molar-refractivity contribution in [1.29, 1.82) is 0 Å². The second kappa shape index (κ2) is 5.83. The minimum atomic E-state index is -3.53. The lowest BCUT2D eigenvalue weighted by molar-refractivity contribution is 0.503. The molecule has 1 N–H and O–H groups in total. The van der Waals surface area contributed by atoms with Crippen LogP contribution >= 0.6 is 11.6 Å². The molecular weight excluding hydrogens is 304 g/mol. The third-order valence-corrected chi connectivity index (χ3v) is 4.22. The molecule has 108 valence electrons. The van der Waals surface area contributed by atoms with Gasteiger partial charge in [0.2, 0.25) is 0 Å². The summed E-state index contributed by atoms with van der Waals surface area (Å²) in [6.45, 7) is -0.0177. The van der Waals surface area contributed by atoms with Crippen molar-refractivity contribution in [3.05, 3.63) is 35.1 Å². The standard InChI is InChI=1S/C10H13ClN6O2S/c1-16(2)20(18,19)12-7-10-13-14-15-17(10)9-5-3-8(11)4-6-9/h3-6,12H,7H2,1-2H3.